The van der Waals surface area contributed by atoms with Crippen LogP contribution in [0.4, 0.5) is 5.69 Å². The third-order valence-electron chi connectivity index (χ3n) is 3.50. The summed E-state index contributed by atoms with van der Waals surface area (Å²) in [7, 11) is 0. The molecular formula is C13H17BrN2O. The summed E-state index contributed by atoms with van der Waals surface area (Å²) >= 11 is 3.34. The van der Waals surface area contributed by atoms with Crippen LogP contribution >= 0.6 is 15.9 Å². The van der Waals surface area contributed by atoms with Crippen LogP contribution in [0.1, 0.15) is 36.5 Å². The van der Waals surface area contributed by atoms with Gasteiger partial charge in [-0.15, -0.1) is 0 Å². The molecule has 1 saturated carbocycles. The molecule has 17 heavy (non-hydrogen) atoms. The molecule has 0 saturated heterocycles. The fourth-order valence-corrected chi connectivity index (χ4v) is 2.43. The van der Waals surface area contributed by atoms with Crippen LogP contribution in [0.3, 0.4) is 0 Å². The summed E-state index contributed by atoms with van der Waals surface area (Å²) in [6.07, 6.45) is 3.66. The van der Waals surface area contributed by atoms with E-state index < -0.39 is 0 Å². The van der Waals surface area contributed by atoms with Crippen molar-refractivity contribution in [2.45, 2.75) is 26.2 Å². The quantitative estimate of drug-likeness (QED) is 0.843. The van der Waals surface area contributed by atoms with Crippen molar-refractivity contribution in [2.24, 2.45) is 5.41 Å². The summed E-state index contributed by atoms with van der Waals surface area (Å²) in [5.41, 5.74) is 7.14. The van der Waals surface area contributed by atoms with Gasteiger partial charge in [-0.05, 0) is 36.5 Å². The molecule has 4 heteroatoms. The van der Waals surface area contributed by atoms with Crippen LogP contribution in [-0.4, -0.2) is 12.5 Å². The van der Waals surface area contributed by atoms with Crippen molar-refractivity contribution >= 4 is 27.5 Å². The molecule has 1 aliphatic rings. The molecule has 0 aromatic heterocycles. The normalized spacial score (nSPS) is 17.3. The molecule has 3 nitrogen and oxygen atoms in total. The van der Waals surface area contributed by atoms with Crippen molar-refractivity contribution in [3.8, 4) is 0 Å². The van der Waals surface area contributed by atoms with Gasteiger partial charge in [0, 0.05) is 16.7 Å². The molecule has 2 rings (SSSR count). The second-order valence-electron chi connectivity index (χ2n) is 5.08. The molecule has 1 amide bonds. The van der Waals surface area contributed by atoms with Crippen molar-refractivity contribution in [1.29, 1.82) is 0 Å². The number of nitrogens with two attached hydrogens (primary N) is 1. The van der Waals surface area contributed by atoms with Gasteiger partial charge in [-0.25, -0.2) is 0 Å². The van der Waals surface area contributed by atoms with Crippen molar-refractivity contribution in [3.05, 3.63) is 28.2 Å². The number of benzene rings is 1. The van der Waals surface area contributed by atoms with Crippen LogP contribution in [0.2, 0.25) is 0 Å². The lowest BCUT2D eigenvalue weighted by Crippen LogP contribution is -2.40. The Morgan fingerprint density at radius 2 is 2.24 bits per heavy atom. The van der Waals surface area contributed by atoms with Gasteiger partial charge in [0.1, 0.15) is 0 Å². The van der Waals surface area contributed by atoms with E-state index in [1.165, 1.54) is 19.3 Å². The predicted molar refractivity (Wildman–Crippen MR) is 72.8 cm³/mol. The number of amides is 1. The van der Waals surface area contributed by atoms with Gasteiger partial charge in [-0.3, -0.25) is 4.79 Å². The van der Waals surface area contributed by atoms with Crippen LogP contribution in [0.25, 0.3) is 0 Å². The fourth-order valence-electron chi connectivity index (χ4n) is 2.07. The zero-order valence-electron chi connectivity index (χ0n) is 9.92. The number of rotatable bonds is 3. The first-order valence-electron chi connectivity index (χ1n) is 5.83. The van der Waals surface area contributed by atoms with Crippen molar-refractivity contribution in [1.82, 2.24) is 5.32 Å². The van der Waals surface area contributed by atoms with E-state index in [-0.39, 0.29) is 11.3 Å². The highest BCUT2D eigenvalue weighted by atomic mass is 79.9. The standard InChI is InChI=1S/C13H17BrN2O/c1-13(5-2-6-13)8-16-12(17)10-7-9(14)3-4-11(10)15/h3-4,7H,2,5-6,8,15H2,1H3,(H,16,17). The maximum atomic E-state index is 12.0. The van der Waals surface area contributed by atoms with Gasteiger partial charge in [0.05, 0.1) is 5.56 Å². The highest BCUT2D eigenvalue weighted by Gasteiger charge is 2.32. The number of hydrogen-bond donors (Lipinski definition) is 2. The Labute approximate surface area is 110 Å². The maximum absolute atomic E-state index is 12.0. The van der Waals surface area contributed by atoms with E-state index in [9.17, 15) is 4.79 Å². The Hall–Kier alpha value is -1.03. The van der Waals surface area contributed by atoms with E-state index in [4.69, 9.17) is 5.73 Å². The van der Waals surface area contributed by atoms with E-state index in [1.54, 1.807) is 12.1 Å². The highest BCUT2D eigenvalue weighted by molar-refractivity contribution is 9.10. The average molecular weight is 297 g/mol. The summed E-state index contributed by atoms with van der Waals surface area (Å²) in [5.74, 6) is -0.0862. The molecule has 1 aromatic rings. The summed E-state index contributed by atoms with van der Waals surface area (Å²) in [6.45, 7) is 2.94. The van der Waals surface area contributed by atoms with E-state index >= 15 is 0 Å². The average Bonchev–Trinajstić information content (AvgIpc) is 2.26. The Kier molecular flexibility index (Phi) is 3.43. The van der Waals surface area contributed by atoms with Crippen LogP contribution in [0.15, 0.2) is 22.7 Å². The minimum Gasteiger partial charge on any atom is -0.398 e. The Balaban J connectivity index is 2.01. The third kappa shape index (κ3) is 2.80. The number of carbonyl (C=O) groups is 1. The molecule has 0 unspecified atom stereocenters. The molecular weight excluding hydrogens is 280 g/mol. The zero-order valence-corrected chi connectivity index (χ0v) is 11.5. The van der Waals surface area contributed by atoms with E-state index in [2.05, 4.69) is 28.2 Å². The SMILES string of the molecule is CC1(CNC(=O)c2cc(Br)ccc2N)CCC1. The van der Waals surface area contributed by atoms with Crippen LogP contribution in [0.5, 0.6) is 0 Å². The van der Waals surface area contributed by atoms with Crippen molar-refractivity contribution in [3.63, 3.8) is 0 Å². The molecule has 0 aliphatic heterocycles. The Morgan fingerprint density at radius 3 is 2.82 bits per heavy atom. The Morgan fingerprint density at radius 1 is 1.53 bits per heavy atom. The first-order valence-corrected chi connectivity index (χ1v) is 6.63. The molecule has 1 fully saturated rings. The van der Waals surface area contributed by atoms with Crippen LogP contribution in [-0.2, 0) is 0 Å². The number of carbonyl (C=O) groups excluding carboxylic acids is 1. The highest BCUT2D eigenvalue weighted by Crippen LogP contribution is 2.39. The largest absolute Gasteiger partial charge is 0.398 e. The number of halogens is 1. The Bertz CT molecular complexity index is 441. The van der Waals surface area contributed by atoms with Crippen molar-refractivity contribution in [2.75, 3.05) is 12.3 Å². The van der Waals surface area contributed by atoms with E-state index in [1.807, 2.05) is 6.07 Å². The van der Waals surface area contributed by atoms with Crippen LogP contribution < -0.4 is 11.1 Å². The first kappa shape index (κ1) is 12.4. The van der Waals surface area contributed by atoms with Crippen molar-refractivity contribution < 1.29 is 4.79 Å². The lowest BCUT2D eigenvalue weighted by molar-refractivity contribution is 0.0891. The van der Waals surface area contributed by atoms with E-state index in [0.717, 1.165) is 11.0 Å². The molecule has 3 N–H and O–H groups in total. The second kappa shape index (κ2) is 4.69. The lowest BCUT2D eigenvalue weighted by Gasteiger charge is -2.38. The smallest absolute Gasteiger partial charge is 0.253 e. The van der Waals surface area contributed by atoms with Gasteiger partial charge >= 0.3 is 0 Å². The fraction of sp³-hybridized carbons (Fsp3) is 0.462. The molecule has 0 atom stereocenters. The molecule has 0 radical (unpaired) electrons. The number of nitrogen functional groups attached to an aromatic ring is 1. The summed E-state index contributed by atoms with van der Waals surface area (Å²) in [6, 6.07) is 5.33. The third-order valence-corrected chi connectivity index (χ3v) is 3.99. The van der Waals surface area contributed by atoms with Gasteiger partial charge < -0.3 is 11.1 Å². The van der Waals surface area contributed by atoms with Gasteiger partial charge in [0.2, 0.25) is 0 Å². The number of nitrogens with one attached hydrogen (secondary N) is 1. The maximum Gasteiger partial charge on any atom is 0.253 e. The summed E-state index contributed by atoms with van der Waals surface area (Å²) in [4.78, 5) is 12.0. The zero-order chi connectivity index (χ0) is 12.5. The van der Waals surface area contributed by atoms with E-state index in [0.29, 0.717) is 11.3 Å². The molecule has 0 spiro atoms. The second-order valence-corrected chi connectivity index (χ2v) is 5.99. The number of anilines is 1. The molecule has 92 valence electrons. The minimum atomic E-state index is -0.0862. The molecule has 1 aliphatic carbocycles. The monoisotopic (exact) mass is 296 g/mol. The molecule has 0 bridgehead atoms. The summed E-state index contributed by atoms with van der Waals surface area (Å²) < 4.78 is 0.867. The van der Waals surface area contributed by atoms with Gasteiger partial charge in [-0.1, -0.05) is 29.3 Å². The number of hydrogen-bond acceptors (Lipinski definition) is 2. The predicted octanol–water partition coefficient (Wildman–Crippen LogP) is 2.95. The van der Waals surface area contributed by atoms with Gasteiger partial charge in [0.15, 0.2) is 0 Å². The van der Waals surface area contributed by atoms with Gasteiger partial charge in [-0.2, -0.15) is 0 Å². The summed E-state index contributed by atoms with van der Waals surface area (Å²) in [5, 5.41) is 2.97. The first-order chi connectivity index (χ1) is 8.00. The minimum absolute atomic E-state index is 0.0862. The van der Waals surface area contributed by atoms with Gasteiger partial charge in [0.25, 0.3) is 5.91 Å². The molecule has 1 aromatic carbocycles. The molecule has 0 heterocycles. The lowest BCUT2D eigenvalue weighted by atomic mass is 9.70. The topological polar surface area (TPSA) is 55.1 Å². The van der Waals surface area contributed by atoms with Crippen LogP contribution in [0, 0.1) is 5.41 Å².